The minimum Gasteiger partial charge on any atom is -0.463 e. The lowest BCUT2D eigenvalue weighted by Gasteiger charge is -2.31. The molecule has 0 heterocycles. The lowest BCUT2D eigenvalue weighted by molar-refractivity contribution is -0.349. The number of alkyl halides is 8. The van der Waals surface area contributed by atoms with E-state index in [4.69, 9.17) is 8.85 Å². The molecule has 0 rings (SSSR count). The Labute approximate surface area is 182 Å². The quantitative estimate of drug-likeness (QED) is 0.111. The van der Waals surface area contributed by atoms with Gasteiger partial charge in [-0.3, -0.25) is 0 Å². The minimum atomic E-state index is -5.96. The van der Waals surface area contributed by atoms with Crippen molar-refractivity contribution in [3.63, 3.8) is 0 Å². The average Bonchev–Trinajstić information content (AvgIpc) is 2.52. The normalized spacial score (nSPS) is 15.0. The van der Waals surface area contributed by atoms with Gasteiger partial charge in [0.1, 0.15) is 0 Å². The third-order valence-corrected chi connectivity index (χ3v) is 9.74. The summed E-state index contributed by atoms with van der Waals surface area (Å²) < 4.78 is 116. The molecule has 0 saturated heterocycles. The molecule has 0 aliphatic rings. The van der Waals surface area contributed by atoms with Crippen LogP contribution in [0.25, 0.3) is 0 Å². The van der Waals surface area contributed by atoms with Gasteiger partial charge in [0, 0.05) is 12.2 Å². The number of carbonyl (C=O) groups is 2. The molecule has 0 fully saturated rings. The van der Waals surface area contributed by atoms with E-state index < -0.39 is 59.4 Å². The highest BCUT2D eigenvalue weighted by molar-refractivity contribution is 6.84. The number of esters is 2. The molecule has 1 unspecified atom stereocenters. The highest BCUT2D eigenvalue weighted by atomic mass is 28.4. The van der Waals surface area contributed by atoms with E-state index in [1.165, 1.54) is 0 Å². The van der Waals surface area contributed by atoms with E-state index in [2.05, 4.69) is 4.74 Å². The Morgan fingerprint density at radius 3 is 1.88 bits per heavy atom. The maximum absolute atomic E-state index is 13.3. The van der Waals surface area contributed by atoms with Crippen LogP contribution < -0.4 is 0 Å². The first kappa shape index (κ1) is 30.5. The van der Waals surface area contributed by atoms with Gasteiger partial charge in [-0.25, -0.2) is 14.0 Å². The third-order valence-electron chi connectivity index (χ3n) is 3.53. The predicted molar refractivity (Wildman–Crippen MR) is 103 cm³/mol. The third kappa shape index (κ3) is 11.9. The smallest absolute Gasteiger partial charge is 0.463 e. The number of carbonyl (C=O) groups excluding carboxylic acids is 2. The van der Waals surface area contributed by atoms with Crippen LogP contribution in [0, 0.1) is 0 Å². The number of hydrogen-bond acceptors (Lipinski definition) is 5. The molecule has 0 amide bonds. The minimum absolute atomic E-state index is 0.0102. The summed E-state index contributed by atoms with van der Waals surface area (Å²) in [7, 11) is -3.75. The fourth-order valence-electron chi connectivity index (χ4n) is 2.48. The molecule has 0 spiro atoms. The second-order valence-electron chi connectivity index (χ2n) is 8.43. The van der Waals surface area contributed by atoms with Gasteiger partial charge >= 0.3 is 30.1 Å². The van der Waals surface area contributed by atoms with E-state index in [9.17, 15) is 44.7 Å². The van der Waals surface area contributed by atoms with Gasteiger partial charge in [-0.1, -0.05) is 0 Å². The molecule has 1 atom stereocenters. The van der Waals surface area contributed by atoms with Crippen LogP contribution in [0.2, 0.25) is 38.8 Å². The van der Waals surface area contributed by atoms with Crippen molar-refractivity contribution in [1.82, 2.24) is 0 Å². The van der Waals surface area contributed by atoms with Gasteiger partial charge < -0.3 is 13.6 Å². The van der Waals surface area contributed by atoms with Crippen molar-refractivity contribution < 1.29 is 58.3 Å². The Kier molecular flexibility index (Phi) is 10.6. The second-order valence-corrected chi connectivity index (χ2v) is 17.5. The van der Waals surface area contributed by atoms with Crippen LogP contribution in [0.15, 0.2) is 12.2 Å². The molecule has 0 aromatic heterocycles. The average molecular weight is 519 g/mol. The van der Waals surface area contributed by atoms with Gasteiger partial charge in [0.15, 0.2) is 22.8 Å². The maximum atomic E-state index is 13.3. The Morgan fingerprint density at radius 2 is 1.41 bits per heavy atom. The van der Waals surface area contributed by atoms with E-state index in [-0.39, 0.29) is 12.7 Å². The maximum Gasteiger partial charge on any atom is 0.469 e. The summed E-state index contributed by atoms with van der Waals surface area (Å²) in [5.41, 5.74) is 0. The van der Waals surface area contributed by atoms with Gasteiger partial charge in [-0.15, -0.1) is 0 Å². The Morgan fingerprint density at radius 1 is 0.906 bits per heavy atom. The molecule has 188 valence electrons. The Balaban J connectivity index is 4.66. The van der Waals surface area contributed by atoms with Crippen molar-refractivity contribution in [2.75, 3.05) is 6.61 Å². The summed E-state index contributed by atoms with van der Waals surface area (Å²) in [6.45, 7) is 9.93. The molecule has 5 nitrogen and oxygen atoms in total. The van der Waals surface area contributed by atoms with E-state index >= 15 is 0 Å². The molecule has 0 aromatic carbocycles. The monoisotopic (exact) mass is 518 g/mol. The first-order valence-corrected chi connectivity index (χ1v) is 15.8. The zero-order chi connectivity index (χ0) is 25.6. The van der Waals surface area contributed by atoms with Crippen molar-refractivity contribution in [2.24, 2.45) is 0 Å². The van der Waals surface area contributed by atoms with Gasteiger partial charge in [-0.05, 0) is 45.2 Å². The summed E-state index contributed by atoms with van der Waals surface area (Å²) in [6, 6.07) is 0.639. The zero-order valence-corrected chi connectivity index (χ0v) is 20.1. The number of halogens is 8. The molecule has 0 bridgehead atoms. The molecule has 15 heteroatoms. The second kappa shape index (κ2) is 11.1. The van der Waals surface area contributed by atoms with Crippen LogP contribution >= 0.6 is 0 Å². The van der Waals surface area contributed by atoms with Crippen LogP contribution in [-0.2, 0) is 23.2 Å². The van der Waals surface area contributed by atoms with Crippen LogP contribution in [0.4, 0.5) is 35.1 Å². The lowest BCUT2D eigenvalue weighted by Crippen LogP contribution is -2.51. The van der Waals surface area contributed by atoms with Crippen LogP contribution in [-0.4, -0.2) is 59.6 Å². The topological polar surface area (TPSA) is 61.8 Å². The predicted octanol–water partition coefficient (Wildman–Crippen LogP) is 5.59. The van der Waals surface area contributed by atoms with Gasteiger partial charge in [0.05, 0.1) is 13.0 Å². The fraction of sp³-hybridized carbons (Fsp3) is 0.765. The van der Waals surface area contributed by atoms with Crippen LogP contribution in [0.3, 0.4) is 0 Å². The van der Waals surface area contributed by atoms with E-state index in [1.54, 1.807) is 0 Å². The summed E-state index contributed by atoms with van der Waals surface area (Å²) >= 11 is 0. The van der Waals surface area contributed by atoms with Gasteiger partial charge in [-0.2, -0.15) is 30.7 Å². The molecular weight excluding hydrogens is 492 g/mol. The number of rotatable bonds is 12. The van der Waals surface area contributed by atoms with E-state index in [1.807, 2.05) is 32.7 Å². The first-order valence-electron chi connectivity index (χ1n) is 9.32. The molecule has 0 aliphatic carbocycles. The molecule has 32 heavy (non-hydrogen) atoms. The Hall–Kier alpha value is -1.49. The molecule has 0 N–H and O–H groups in total. The fourth-order valence-corrected chi connectivity index (χ4v) is 10.5. The summed E-state index contributed by atoms with van der Waals surface area (Å²) in [5.74, 6) is -9.34. The molecule has 0 saturated carbocycles. The molecular formula is C17H26F8O5Si2. The first-order chi connectivity index (χ1) is 14.1. The van der Waals surface area contributed by atoms with Crippen LogP contribution in [0.5, 0.6) is 0 Å². The standard InChI is InChI=1S/C17H26F8O5Si2/c1-31(2,3)30-32(4,5)10-6-9-28-13(26)7-8-14(27)29-17(24,25)16(22,23)12(18)11-15(19,20)21/h7-8,12H,6,9-11H2,1-5H3. The largest absolute Gasteiger partial charge is 0.469 e. The highest BCUT2D eigenvalue weighted by Gasteiger charge is 2.66. The Bertz CT molecular complexity index is 675. The summed E-state index contributed by atoms with van der Waals surface area (Å²) in [5, 5.41) is 0. The van der Waals surface area contributed by atoms with Crippen LogP contribution in [0.1, 0.15) is 12.8 Å². The van der Waals surface area contributed by atoms with Crippen molar-refractivity contribution in [1.29, 1.82) is 0 Å². The summed E-state index contributed by atoms with van der Waals surface area (Å²) in [4.78, 5) is 22.7. The lowest BCUT2D eigenvalue weighted by atomic mass is 10.1. The van der Waals surface area contributed by atoms with Crippen molar-refractivity contribution >= 4 is 28.6 Å². The summed E-state index contributed by atoms with van der Waals surface area (Å²) in [6.07, 6.45) is -17.9. The van der Waals surface area contributed by atoms with Gasteiger partial charge in [0.2, 0.25) is 0 Å². The zero-order valence-electron chi connectivity index (χ0n) is 18.1. The molecule has 0 aliphatic heterocycles. The molecule has 0 aromatic rings. The SMILES string of the molecule is C[Si](C)(C)O[Si](C)(C)CCCOC(=O)C=CC(=O)OC(F)(F)C(F)(F)C(F)CC(F)(F)F. The number of hydrogen-bond donors (Lipinski definition) is 0. The van der Waals surface area contributed by atoms with Crippen molar-refractivity contribution in [2.45, 2.75) is 76.0 Å². The molecule has 0 radical (unpaired) electrons. The van der Waals surface area contributed by atoms with E-state index in [0.717, 1.165) is 0 Å². The highest BCUT2D eigenvalue weighted by Crippen LogP contribution is 2.43. The van der Waals surface area contributed by atoms with E-state index in [0.29, 0.717) is 18.5 Å². The van der Waals surface area contributed by atoms with Crippen molar-refractivity contribution in [3.05, 3.63) is 12.2 Å². The van der Waals surface area contributed by atoms with Gasteiger partial charge in [0.25, 0.3) is 0 Å². The number of ether oxygens (including phenoxy) is 2. The van der Waals surface area contributed by atoms with Crippen molar-refractivity contribution in [3.8, 4) is 0 Å².